The molecule has 0 unspecified atom stereocenters. The minimum absolute atomic E-state index is 0.0692. The molecule has 2 rings (SSSR count). The monoisotopic (exact) mass is 335 g/mol. The second-order valence-corrected chi connectivity index (χ2v) is 6.11. The van der Waals surface area contributed by atoms with E-state index >= 15 is 0 Å². The Labute approximate surface area is 139 Å². The van der Waals surface area contributed by atoms with E-state index in [1.165, 1.54) is 11.8 Å². The average molecular weight is 335 g/mol. The number of para-hydroxylation sites is 2. The van der Waals surface area contributed by atoms with Crippen molar-refractivity contribution in [1.29, 1.82) is 0 Å². The Morgan fingerprint density at radius 3 is 2.87 bits per heavy atom. The number of fused-ring (bicyclic) bond motifs is 1. The van der Waals surface area contributed by atoms with E-state index < -0.39 is 5.97 Å². The van der Waals surface area contributed by atoms with E-state index in [1.807, 2.05) is 24.3 Å². The van der Waals surface area contributed by atoms with Crippen LogP contribution in [-0.2, 0) is 16.1 Å². The van der Waals surface area contributed by atoms with Crippen molar-refractivity contribution in [2.75, 3.05) is 12.3 Å². The quantitative estimate of drug-likeness (QED) is 0.543. The molecule has 6 nitrogen and oxygen atoms in total. The predicted octanol–water partition coefficient (Wildman–Crippen LogP) is 2.52. The number of hydrogen-bond donors (Lipinski definition) is 2. The lowest BCUT2D eigenvalue weighted by molar-refractivity contribution is -0.137. The second-order valence-electron chi connectivity index (χ2n) is 5.17. The molecule has 7 heteroatoms. The highest BCUT2D eigenvalue weighted by molar-refractivity contribution is 7.99. The van der Waals surface area contributed by atoms with Gasteiger partial charge in [-0.05, 0) is 25.0 Å². The lowest BCUT2D eigenvalue weighted by Gasteiger charge is -2.07. The maximum Gasteiger partial charge on any atom is 0.303 e. The van der Waals surface area contributed by atoms with Crippen LogP contribution in [0, 0.1) is 0 Å². The first-order valence-corrected chi connectivity index (χ1v) is 8.67. The molecule has 0 atom stereocenters. The molecule has 0 bridgehead atoms. The van der Waals surface area contributed by atoms with Gasteiger partial charge >= 0.3 is 5.97 Å². The molecule has 124 valence electrons. The van der Waals surface area contributed by atoms with Gasteiger partial charge in [0.05, 0.1) is 16.8 Å². The fraction of sp³-hybridized carbons (Fsp3) is 0.438. The summed E-state index contributed by atoms with van der Waals surface area (Å²) in [5.74, 6) is -0.669. The highest BCUT2D eigenvalue weighted by atomic mass is 32.2. The normalized spacial score (nSPS) is 10.8. The molecular formula is C16H21N3O3S. The first-order chi connectivity index (χ1) is 11.1. The molecule has 0 spiro atoms. The number of aryl methyl sites for hydroxylation is 1. The number of aliphatic carboxylic acids is 1. The maximum absolute atomic E-state index is 11.8. The van der Waals surface area contributed by atoms with Crippen LogP contribution in [0.15, 0.2) is 29.4 Å². The van der Waals surface area contributed by atoms with Gasteiger partial charge in [0.25, 0.3) is 0 Å². The number of benzene rings is 1. The zero-order valence-electron chi connectivity index (χ0n) is 13.1. The zero-order valence-corrected chi connectivity index (χ0v) is 13.9. The fourth-order valence-corrected chi connectivity index (χ4v) is 3.12. The molecule has 2 aromatic rings. The number of imidazole rings is 1. The molecule has 0 saturated heterocycles. The Kier molecular flexibility index (Phi) is 6.46. The highest BCUT2D eigenvalue weighted by Gasteiger charge is 2.12. The number of nitrogens with one attached hydrogen (secondary N) is 1. The Bertz CT molecular complexity index is 684. The number of carbonyl (C=O) groups excluding carboxylic acids is 1. The third-order valence-corrected chi connectivity index (χ3v) is 4.27. The minimum atomic E-state index is -0.845. The molecular weight excluding hydrogens is 314 g/mol. The second kappa shape index (κ2) is 8.57. The summed E-state index contributed by atoms with van der Waals surface area (Å²) in [6.45, 7) is 3.36. The van der Waals surface area contributed by atoms with Crippen LogP contribution in [-0.4, -0.2) is 38.8 Å². The lowest BCUT2D eigenvalue weighted by Crippen LogP contribution is -2.26. The number of amides is 1. The fourth-order valence-electron chi connectivity index (χ4n) is 2.25. The van der Waals surface area contributed by atoms with Crippen molar-refractivity contribution in [3.8, 4) is 0 Å². The van der Waals surface area contributed by atoms with E-state index in [4.69, 9.17) is 5.11 Å². The summed E-state index contributed by atoms with van der Waals surface area (Å²) in [4.78, 5) is 26.8. The third-order valence-electron chi connectivity index (χ3n) is 3.29. The van der Waals surface area contributed by atoms with Crippen molar-refractivity contribution < 1.29 is 14.7 Å². The van der Waals surface area contributed by atoms with Crippen LogP contribution >= 0.6 is 11.8 Å². The number of carbonyl (C=O) groups is 2. The van der Waals surface area contributed by atoms with Crippen LogP contribution in [0.2, 0.25) is 0 Å². The topological polar surface area (TPSA) is 84.2 Å². The molecule has 23 heavy (non-hydrogen) atoms. The number of thioether (sulfide) groups is 1. The van der Waals surface area contributed by atoms with Gasteiger partial charge < -0.3 is 15.0 Å². The summed E-state index contributed by atoms with van der Waals surface area (Å²) in [6, 6.07) is 7.94. The van der Waals surface area contributed by atoms with Crippen LogP contribution < -0.4 is 5.32 Å². The molecule has 0 radical (unpaired) electrons. The number of hydrogen-bond acceptors (Lipinski definition) is 4. The van der Waals surface area contributed by atoms with Gasteiger partial charge in [-0.3, -0.25) is 9.59 Å². The van der Waals surface area contributed by atoms with E-state index in [9.17, 15) is 9.59 Å². The van der Waals surface area contributed by atoms with E-state index in [0.717, 1.165) is 29.2 Å². The van der Waals surface area contributed by atoms with Crippen LogP contribution in [0.1, 0.15) is 26.2 Å². The Morgan fingerprint density at radius 1 is 1.35 bits per heavy atom. The van der Waals surface area contributed by atoms with Crippen molar-refractivity contribution in [3.63, 3.8) is 0 Å². The summed E-state index contributed by atoms with van der Waals surface area (Å²) in [7, 11) is 0. The van der Waals surface area contributed by atoms with Crippen molar-refractivity contribution >= 4 is 34.7 Å². The van der Waals surface area contributed by atoms with Crippen LogP contribution in [0.3, 0.4) is 0 Å². The van der Waals surface area contributed by atoms with Crippen molar-refractivity contribution in [3.05, 3.63) is 24.3 Å². The van der Waals surface area contributed by atoms with Crippen LogP contribution in [0.5, 0.6) is 0 Å². The van der Waals surface area contributed by atoms with Crippen molar-refractivity contribution in [2.45, 2.75) is 37.9 Å². The molecule has 0 aliphatic heterocycles. The molecule has 1 heterocycles. The van der Waals surface area contributed by atoms with E-state index in [2.05, 4.69) is 21.8 Å². The van der Waals surface area contributed by atoms with Crippen LogP contribution in [0.25, 0.3) is 11.0 Å². The zero-order chi connectivity index (χ0) is 16.7. The number of carboxylic acid groups (broad SMARTS) is 1. The molecule has 2 N–H and O–H groups in total. The first kappa shape index (κ1) is 17.3. The smallest absolute Gasteiger partial charge is 0.303 e. The van der Waals surface area contributed by atoms with E-state index in [0.29, 0.717) is 13.0 Å². The van der Waals surface area contributed by atoms with Gasteiger partial charge in [-0.25, -0.2) is 4.98 Å². The summed E-state index contributed by atoms with van der Waals surface area (Å²) >= 11 is 1.41. The Hall–Kier alpha value is -2.02. The SMILES string of the molecule is CCCn1c(SCC(=O)NCCCC(=O)O)nc2ccccc21. The summed E-state index contributed by atoms with van der Waals surface area (Å²) in [5.41, 5.74) is 2.02. The maximum atomic E-state index is 11.8. The average Bonchev–Trinajstić information content (AvgIpc) is 2.88. The number of aromatic nitrogens is 2. The minimum Gasteiger partial charge on any atom is -0.481 e. The molecule has 1 aromatic carbocycles. The van der Waals surface area contributed by atoms with E-state index in [-0.39, 0.29) is 18.1 Å². The number of rotatable bonds is 9. The number of nitrogens with zero attached hydrogens (tertiary/aromatic N) is 2. The molecule has 0 saturated carbocycles. The summed E-state index contributed by atoms with van der Waals surface area (Å²) in [6.07, 6.45) is 1.51. The largest absolute Gasteiger partial charge is 0.481 e. The van der Waals surface area contributed by atoms with Crippen molar-refractivity contribution in [1.82, 2.24) is 14.9 Å². The van der Waals surface area contributed by atoms with Gasteiger partial charge in [0.1, 0.15) is 0 Å². The Balaban J connectivity index is 1.92. The molecule has 0 aliphatic rings. The van der Waals surface area contributed by atoms with Gasteiger partial charge in [0, 0.05) is 19.5 Å². The lowest BCUT2D eigenvalue weighted by atomic mass is 10.3. The molecule has 1 aromatic heterocycles. The third kappa shape index (κ3) is 4.99. The van der Waals surface area contributed by atoms with Gasteiger partial charge in [0.2, 0.25) is 5.91 Å². The van der Waals surface area contributed by atoms with Crippen LogP contribution in [0.4, 0.5) is 0 Å². The standard InChI is InChI=1S/C16H21N3O3S/c1-2-10-19-13-7-4-3-6-12(13)18-16(19)23-11-14(20)17-9-5-8-15(21)22/h3-4,6-7H,2,5,8-11H2,1H3,(H,17,20)(H,21,22). The van der Waals surface area contributed by atoms with Gasteiger partial charge in [-0.15, -0.1) is 0 Å². The predicted molar refractivity (Wildman–Crippen MR) is 90.6 cm³/mol. The highest BCUT2D eigenvalue weighted by Crippen LogP contribution is 2.24. The molecule has 0 fully saturated rings. The van der Waals surface area contributed by atoms with Crippen molar-refractivity contribution in [2.24, 2.45) is 0 Å². The first-order valence-electron chi connectivity index (χ1n) is 7.68. The van der Waals surface area contributed by atoms with E-state index in [1.54, 1.807) is 0 Å². The molecule has 0 aliphatic carbocycles. The van der Waals surface area contributed by atoms with Gasteiger partial charge in [0.15, 0.2) is 5.16 Å². The Morgan fingerprint density at radius 2 is 2.13 bits per heavy atom. The van der Waals surface area contributed by atoms with Gasteiger partial charge in [-0.1, -0.05) is 30.8 Å². The summed E-state index contributed by atoms with van der Waals surface area (Å²) < 4.78 is 2.14. The number of carboxylic acids is 1. The summed E-state index contributed by atoms with van der Waals surface area (Å²) in [5, 5.41) is 12.1. The van der Waals surface area contributed by atoms with Gasteiger partial charge in [-0.2, -0.15) is 0 Å². The molecule has 1 amide bonds.